The SMILES string of the molecule is Cc1ccc(C)c(Oc2nc[nH]c(=O)c2Br)c1C. The van der Waals surface area contributed by atoms with Crippen LogP contribution in [0.25, 0.3) is 0 Å². The normalized spacial score (nSPS) is 10.4. The summed E-state index contributed by atoms with van der Waals surface area (Å²) in [5, 5.41) is 0. The van der Waals surface area contributed by atoms with E-state index >= 15 is 0 Å². The molecule has 0 aliphatic carbocycles. The monoisotopic (exact) mass is 308 g/mol. The number of aromatic amines is 1. The van der Waals surface area contributed by atoms with E-state index in [0.29, 0.717) is 4.47 Å². The molecule has 0 aliphatic heterocycles. The first-order chi connectivity index (χ1) is 8.50. The Hall–Kier alpha value is -1.62. The Morgan fingerprint density at radius 1 is 1.22 bits per heavy atom. The van der Waals surface area contributed by atoms with E-state index in [-0.39, 0.29) is 11.4 Å². The number of hydrogen-bond acceptors (Lipinski definition) is 3. The fraction of sp³-hybridized carbons (Fsp3) is 0.231. The number of nitrogens with zero attached hydrogens (tertiary/aromatic N) is 1. The molecule has 1 aromatic heterocycles. The molecule has 5 heteroatoms. The van der Waals surface area contributed by atoms with E-state index in [0.717, 1.165) is 22.4 Å². The highest BCUT2D eigenvalue weighted by atomic mass is 79.9. The molecule has 0 spiro atoms. The summed E-state index contributed by atoms with van der Waals surface area (Å²) >= 11 is 3.17. The largest absolute Gasteiger partial charge is 0.437 e. The lowest BCUT2D eigenvalue weighted by Crippen LogP contribution is -2.08. The van der Waals surface area contributed by atoms with Crippen molar-refractivity contribution in [1.29, 1.82) is 0 Å². The van der Waals surface area contributed by atoms with E-state index in [1.807, 2.05) is 32.9 Å². The van der Waals surface area contributed by atoms with Crippen molar-refractivity contribution in [3.63, 3.8) is 0 Å². The van der Waals surface area contributed by atoms with Gasteiger partial charge >= 0.3 is 0 Å². The van der Waals surface area contributed by atoms with Gasteiger partial charge in [-0.2, -0.15) is 0 Å². The number of nitrogens with one attached hydrogen (secondary N) is 1. The third-order valence-corrected chi connectivity index (χ3v) is 3.54. The van der Waals surface area contributed by atoms with E-state index in [1.165, 1.54) is 6.33 Å². The van der Waals surface area contributed by atoms with Gasteiger partial charge in [-0.15, -0.1) is 0 Å². The predicted molar refractivity (Wildman–Crippen MR) is 73.3 cm³/mol. The average Bonchev–Trinajstić information content (AvgIpc) is 2.35. The second kappa shape index (κ2) is 4.94. The molecule has 1 aromatic carbocycles. The molecule has 0 atom stereocenters. The number of ether oxygens (including phenoxy) is 1. The first-order valence-electron chi connectivity index (χ1n) is 5.48. The first-order valence-corrected chi connectivity index (χ1v) is 6.28. The molecule has 0 saturated heterocycles. The number of hydrogen-bond donors (Lipinski definition) is 1. The molecule has 1 N–H and O–H groups in total. The molecule has 4 nitrogen and oxygen atoms in total. The van der Waals surface area contributed by atoms with Crippen LogP contribution in [0.15, 0.2) is 27.7 Å². The molecule has 1 heterocycles. The van der Waals surface area contributed by atoms with Gasteiger partial charge in [-0.1, -0.05) is 12.1 Å². The summed E-state index contributed by atoms with van der Waals surface area (Å²) in [6.07, 6.45) is 1.32. The van der Waals surface area contributed by atoms with Gasteiger partial charge in [-0.25, -0.2) is 4.98 Å². The molecule has 2 aromatic rings. The predicted octanol–water partition coefficient (Wildman–Crippen LogP) is 3.25. The molecule has 0 aliphatic rings. The Morgan fingerprint density at radius 3 is 2.61 bits per heavy atom. The Morgan fingerprint density at radius 2 is 1.89 bits per heavy atom. The molecule has 18 heavy (non-hydrogen) atoms. The Balaban J connectivity index is 2.50. The fourth-order valence-corrected chi connectivity index (χ4v) is 1.91. The summed E-state index contributed by atoms with van der Waals surface area (Å²) in [5.74, 6) is 1.02. The molecule has 0 amide bonds. The van der Waals surface area contributed by atoms with E-state index in [4.69, 9.17) is 4.74 Å². The van der Waals surface area contributed by atoms with Crippen LogP contribution < -0.4 is 10.3 Å². The van der Waals surface area contributed by atoms with Crippen LogP contribution in [-0.4, -0.2) is 9.97 Å². The topological polar surface area (TPSA) is 55.0 Å². The summed E-state index contributed by atoms with van der Waals surface area (Å²) in [4.78, 5) is 17.9. The van der Waals surface area contributed by atoms with Gasteiger partial charge in [0.25, 0.3) is 5.56 Å². The van der Waals surface area contributed by atoms with Crippen molar-refractivity contribution in [3.05, 3.63) is 50.0 Å². The van der Waals surface area contributed by atoms with Crippen molar-refractivity contribution in [2.45, 2.75) is 20.8 Å². The van der Waals surface area contributed by atoms with E-state index in [9.17, 15) is 4.79 Å². The van der Waals surface area contributed by atoms with Crippen LogP contribution in [-0.2, 0) is 0 Å². The standard InChI is InChI=1S/C13H13BrN2O2/c1-7-4-5-8(2)11(9(7)3)18-13-10(14)12(17)15-6-16-13/h4-6H,1-3H3,(H,15,16,17). The Labute approximate surface area is 113 Å². The van der Waals surface area contributed by atoms with Gasteiger partial charge in [0.2, 0.25) is 5.88 Å². The van der Waals surface area contributed by atoms with Gasteiger partial charge in [-0.05, 0) is 53.4 Å². The molecule has 0 fully saturated rings. The van der Waals surface area contributed by atoms with Crippen LogP contribution in [0.3, 0.4) is 0 Å². The van der Waals surface area contributed by atoms with Crippen LogP contribution in [0.1, 0.15) is 16.7 Å². The quantitative estimate of drug-likeness (QED) is 0.926. The lowest BCUT2D eigenvalue weighted by Gasteiger charge is -2.13. The molecule has 0 saturated carbocycles. The van der Waals surface area contributed by atoms with Crippen LogP contribution in [0.4, 0.5) is 0 Å². The van der Waals surface area contributed by atoms with Gasteiger partial charge in [-0.3, -0.25) is 4.79 Å². The maximum absolute atomic E-state index is 11.4. The van der Waals surface area contributed by atoms with Crippen molar-refractivity contribution >= 4 is 15.9 Å². The van der Waals surface area contributed by atoms with Crippen LogP contribution in [0.5, 0.6) is 11.6 Å². The summed E-state index contributed by atoms with van der Waals surface area (Å²) in [5.41, 5.74) is 2.93. The summed E-state index contributed by atoms with van der Waals surface area (Å²) in [6, 6.07) is 4.02. The zero-order valence-electron chi connectivity index (χ0n) is 10.4. The molecule has 2 rings (SSSR count). The third kappa shape index (κ3) is 2.31. The van der Waals surface area contributed by atoms with Gasteiger partial charge in [0, 0.05) is 0 Å². The Kier molecular flexibility index (Phi) is 3.52. The fourth-order valence-electron chi connectivity index (χ4n) is 1.62. The number of H-pyrrole nitrogens is 1. The zero-order valence-corrected chi connectivity index (χ0v) is 12.0. The number of rotatable bonds is 2. The zero-order chi connectivity index (χ0) is 13.3. The van der Waals surface area contributed by atoms with Gasteiger partial charge in [0.1, 0.15) is 10.2 Å². The van der Waals surface area contributed by atoms with Crippen molar-refractivity contribution in [2.24, 2.45) is 0 Å². The van der Waals surface area contributed by atoms with Gasteiger partial charge < -0.3 is 9.72 Å². The smallest absolute Gasteiger partial charge is 0.268 e. The highest BCUT2D eigenvalue weighted by molar-refractivity contribution is 9.10. The van der Waals surface area contributed by atoms with Gasteiger partial charge in [0.05, 0.1) is 6.33 Å². The van der Waals surface area contributed by atoms with E-state index in [2.05, 4.69) is 25.9 Å². The molecule has 94 valence electrons. The minimum Gasteiger partial charge on any atom is -0.437 e. The average molecular weight is 309 g/mol. The third-order valence-electron chi connectivity index (χ3n) is 2.84. The first kappa shape index (κ1) is 12.8. The minimum absolute atomic E-state index is 0.261. The van der Waals surface area contributed by atoms with Gasteiger partial charge in [0.15, 0.2) is 0 Å². The van der Waals surface area contributed by atoms with Crippen LogP contribution >= 0.6 is 15.9 Å². The molecular weight excluding hydrogens is 296 g/mol. The van der Waals surface area contributed by atoms with Crippen molar-refractivity contribution in [2.75, 3.05) is 0 Å². The second-order valence-electron chi connectivity index (χ2n) is 4.11. The van der Waals surface area contributed by atoms with Crippen molar-refractivity contribution in [3.8, 4) is 11.6 Å². The highest BCUT2D eigenvalue weighted by Gasteiger charge is 2.12. The summed E-state index contributed by atoms with van der Waals surface area (Å²) in [6.45, 7) is 5.96. The summed E-state index contributed by atoms with van der Waals surface area (Å²) in [7, 11) is 0. The highest BCUT2D eigenvalue weighted by Crippen LogP contribution is 2.31. The molecule has 0 unspecified atom stereocenters. The molecule has 0 bridgehead atoms. The lowest BCUT2D eigenvalue weighted by atomic mass is 10.1. The van der Waals surface area contributed by atoms with Crippen molar-refractivity contribution in [1.82, 2.24) is 9.97 Å². The molecule has 0 radical (unpaired) electrons. The number of aryl methyl sites for hydroxylation is 2. The van der Waals surface area contributed by atoms with E-state index < -0.39 is 0 Å². The van der Waals surface area contributed by atoms with Crippen molar-refractivity contribution < 1.29 is 4.74 Å². The number of halogens is 1. The molecular formula is C13H13BrN2O2. The minimum atomic E-state index is -0.261. The lowest BCUT2D eigenvalue weighted by molar-refractivity contribution is 0.449. The summed E-state index contributed by atoms with van der Waals surface area (Å²) < 4.78 is 6.05. The number of aromatic nitrogens is 2. The van der Waals surface area contributed by atoms with Crippen LogP contribution in [0.2, 0.25) is 0 Å². The maximum atomic E-state index is 11.4. The Bertz CT molecular complexity index is 650. The maximum Gasteiger partial charge on any atom is 0.268 e. The van der Waals surface area contributed by atoms with E-state index in [1.54, 1.807) is 0 Å². The number of benzene rings is 1. The second-order valence-corrected chi connectivity index (χ2v) is 4.90. The van der Waals surface area contributed by atoms with Crippen LogP contribution in [0, 0.1) is 20.8 Å².